The van der Waals surface area contributed by atoms with E-state index < -0.39 is 18.1 Å². The zero-order chi connectivity index (χ0) is 11.4. The van der Waals surface area contributed by atoms with Crippen molar-refractivity contribution < 1.29 is 19.1 Å². The van der Waals surface area contributed by atoms with E-state index in [4.69, 9.17) is 0 Å². The monoisotopic (exact) mass is 213 g/mol. The second-order valence-electron chi connectivity index (χ2n) is 3.32. The summed E-state index contributed by atoms with van der Waals surface area (Å²) >= 11 is 0. The van der Waals surface area contributed by atoms with Gasteiger partial charge in [-0.25, -0.2) is 9.59 Å². The molecular formula is C10H15NO4. The lowest BCUT2D eigenvalue weighted by atomic mass is 10.0. The summed E-state index contributed by atoms with van der Waals surface area (Å²) in [6.07, 6.45) is 1.87. The highest BCUT2D eigenvalue weighted by molar-refractivity contribution is 5.82. The summed E-state index contributed by atoms with van der Waals surface area (Å²) in [7, 11) is 2.59. The minimum atomic E-state index is -0.597. The SMILES string of the molecule is C=C[C@@H]1CCN(C(=O)OC)[C@H]1C(=O)OC. The molecule has 0 bridgehead atoms. The number of carbonyl (C=O) groups is 2. The van der Waals surface area contributed by atoms with Crippen molar-refractivity contribution in [1.29, 1.82) is 0 Å². The highest BCUT2D eigenvalue weighted by atomic mass is 16.5. The van der Waals surface area contributed by atoms with Crippen molar-refractivity contribution in [2.75, 3.05) is 20.8 Å². The molecule has 0 saturated carbocycles. The van der Waals surface area contributed by atoms with Gasteiger partial charge in [-0.2, -0.15) is 0 Å². The van der Waals surface area contributed by atoms with Crippen LogP contribution in [0.2, 0.25) is 0 Å². The van der Waals surface area contributed by atoms with Crippen LogP contribution >= 0.6 is 0 Å². The summed E-state index contributed by atoms with van der Waals surface area (Å²) in [6.45, 7) is 4.13. The summed E-state index contributed by atoms with van der Waals surface area (Å²) in [6, 6.07) is -0.597. The fraction of sp³-hybridized carbons (Fsp3) is 0.600. The van der Waals surface area contributed by atoms with Crippen LogP contribution < -0.4 is 0 Å². The van der Waals surface area contributed by atoms with Gasteiger partial charge in [0.1, 0.15) is 6.04 Å². The van der Waals surface area contributed by atoms with E-state index >= 15 is 0 Å². The van der Waals surface area contributed by atoms with Crippen molar-refractivity contribution in [3.63, 3.8) is 0 Å². The van der Waals surface area contributed by atoms with E-state index in [0.29, 0.717) is 13.0 Å². The average Bonchev–Trinajstić information content (AvgIpc) is 2.70. The maximum atomic E-state index is 11.5. The Morgan fingerprint density at radius 1 is 1.40 bits per heavy atom. The Morgan fingerprint density at radius 2 is 2.07 bits per heavy atom. The van der Waals surface area contributed by atoms with Crippen LogP contribution in [0.4, 0.5) is 4.79 Å². The Hall–Kier alpha value is -1.52. The van der Waals surface area contributed by atoms with E-state index in [9.17, 15) is 9.59 Å². The van der Waals surface area contributed by atoms with Crippen LogP contribution in [0.25, 0.3) is 0 Å². The molecule has 1 saturated heterocycles. The quantitative estimate of drug-likeness (QED) is 0.503. The topological polar surface area (TPSA) is 55.8 Å². The van der Waals surface area contributed by atoms with Gasteiger partial charge in [-0.15, -0.1) is 6.58 Å². The largest absolute Gasteiger partial charge is 0.467 e. The molecule has 1 amide bonds. The van der Waals surface area contributed by atoms with E-state index in [0.717, 1.165) is 0 Å². The number of nitrogens with zero attached hydrogens (tertiary/aromatic N) is 1. The first kappa shape index (κ1) is 11.6. The van der Waals surface area contributed by atoms with Gasteiger partial charge < -0.3 is 9.47 Å². The second-order valence-corrected chi connectivity index (χ2v) is 3.32. The second kappa shape index (κ2) is 4.82. The van der Waals surface area contributed by atoms with E-state index in [1.165, 1.54) is 19.1 Å². The zero-order valence-electron chi connectivity index (χ0n) is 8.93. The first-order valence-electron chi connectivity index (χ1n) is 4.70. The van der Waals surface area contributed by atoms with Gasteiger partial charge >= 0.3 is 12.1 Å². The molecule has 0 aromatic rings. The molecule has 0 N–H and O–H groups in total. The van der Waals surface area contributed by atoms with Crippen molar-refractivity contribution >= 4 is 12.1 Å². The Kier molecular flexibility index (Phi) is 3.71. The lowest BCUT2D eigenvalue weighted by Gasteiger charge is -2.23. The third-order valence-electron chi connectivity index (χ3n) is 2.60. The lowest BCUT2D eigenvalue weighted by Crippen LogP contribution is -2.43. The molecule has 0 aliphatic carbocycles. The number of rotatable bonds is 2. The summed E-state index contributed by atoms with van der Waals surface area (Å²) in [5, 5.41) is 0. The van der Waals surface area contributed by atoms with Gasteiger partial charge in [0.05, 0.1) is 14.2 Å². The van der Waals surface area contributed by atoms with Crippen LogP contribution in [0.1, 0.15) is 6.42 Å². The standard InChI is InChI=1S/C10H15NO4/c1-4-7-5-6-11(10(13)15-3)8(7)9(12)14-2/h4,7-8H,1,5-6H2,2-3H3/t7-,8-/m1/s1. The summed E-state index contributed by atoms with van der Waals surface area (Å²) in [5.74, 6) is -0.487. The molecule has 0 spiro atoms. The molecule has 0 unspecified atom stereocenters. The van der Waals surface area contributed by atoms with Gasteiger partial charge in [-0.1, -0.05) is 6.08 Å². The molecule has 5 nitrogen and oxygen atoms in total. The summed E-state index contributed by atoms with van der Waals surface area (Å²) < 4.78 is 9.25. The van der Waals surface area contributed by atoms with Crippen LogP contribution in [0.3, 0.4) is 0 Å². The van der Waals surface area contributed by atoms with Crippen LogP contribution in [0.15, 0.2) is 12.7 Å². The van der Waals surface area contributed by atoms with Crippen LogP contribution in [0.5, 0.6) is 0 Å². The lowest BCUT2D eigenvalue weighted by molar-refractivity contribution is -0.146. The Balaban J connectivity index is 2.85. The van der Waals surface area contributed by atoms with Crippen LogP contribution in [-0.2, 0) is 14.3 Å². The van der Waals surface area contributed by atoms with Crippen molar-refractivity contribution in [3.05, 3.63) is 12.7 Å². The van der Waals surface area contributed by atoms with Crippen molar-refractivity contribution in [2.45, 2.75) is 12.5 Å². The summed E-state index contributed by atoms with van der Waals surface area (Å²) in [5.41, 5.74) is 0. The van der Waals surface area contributed by atoms with Gasteiger partial charge in [0.15, 0.2) is 0 Å². The van der Waals surface area contributed by atoms with Gasteiger partial charge in [0.2, 0.25) is 0 Å². The molecular weight excluding hydrogens is 198 g/mol. The summed E-state index contributed by atoms with van der Waals surface area (Å²) in [4.78, 5) is 24.2. The minimum absolute atomic E-state index is 0.0588. The minimum Gasteiger partial charge on any atom is -0.467 e. The molecule has 0 aromatic heterocycles. The number of amides is 1. The highest BCUT2D eigenvalue weighted by Crippen LogP contribution is 2.26. The van der Waals surface area contributed by atoms with Crippen LogP contribution in [-0.4, -0.2) is 43.8 Å². The van der Waals surface area contributed by atoms with Gasteiger partial charge in [-0.3, -0.25) is 4.90 Å². The predicted molar refractivity (Wildman–Crippen MR) is 53.2 cm³/mol. The first-order valence-corrected chi connectivity index (χ1v) is 4.70. The van der Waals surface area contributed by atoms with Crippen molar-refractivity contribution in [3.8, 4) is 0 Å². The van der Waals surface area contributed by atoms with Crippen molar-refractivity contribution in [2.24, 2.45) is 5.92 Å². The maximum absolute atomic E-state index is 11.5. The molecule has 15 heavy (non-hydrogen) atoms. The molecule has 0 radical (unpaired) electrons. The highest BCUT2D eigenvalue weighted by Gasteiger charge is 2.41. The molecule has 2 atom stereocenters. The number of carbonyl (C=O) groups excluding carboxylic acids is 2. The Bertz CT molecular complexity index is 277. The molecule has 1 rings (SSSR count). The van der Waals surface area contributed by atoms with Crippen molar-refractivity contribution in [1.82, 2.24) is 4.90 Å². The molecule has 1 fully saturated rings. The van der Waals surface area contributed by atoms with E-state index in [1.807, 2.05) is 0 Å². The molecule has 5 heteroatoms. The van der Waals surface area contributed by atoms with Gasteiger partial charge in [0, 0.05) is 12.5 Å². The predicted octanol–water partition coefficient (Wildman–Crippen LogP) is 0.802. The number of hydrogen-bond donors (Lipinski definition) is 0. The maximum Gasteiger partial charge on any atom is 0.410 e. The fourth-order valence-electron chi connectivity index (χ4n) is 1.81. The Morgan fingerprint density at radius 3 is 2.53 bits per heavy atom. The number of likely N-dealkylation sites (tertiary alicyclic amines) is 1. The molecule has 84 valence electrons. The third kappa shape index (κ3) is 2.11. The molecule has 1 aliphatic rings. The zero-order valence-corrected chi connectivity index (χ0v) is 8.93. The van der Waals surface area contributed by atoms with Gasteiger partial charge in [0.25, 0.3) is 0 Å². The number of methoxy groups -OCH3 is 2. The molecule has 1 aliphatic heterocycles. The van der Waals surface area contributed by atoms with Gasteiger partial charge in [-0.05, 0) is 6.42 Å². The van der Waals surface area contributed by atoms with E-state index in [-0.39, 0.29) is 5.92 Å². The molecule has 0 aromatic carbocycles. The Labute approximate surface area is 88.6 Å². The first-order chi connectivity index (χ1) is 7.15. The number of ether oxygens (including phenoxy) is 2. The number of esters is 1. The average molecular weight is 213 g/mol. The van der Waals surface area contributed by atoms with E-state index in [2.05, 4.69) is 16.1 Å². The van der Waals surface area contributed by atoms with Crippen LogP contribution in [0, 0.1) is 5.92 Å². The number of hydrogen-bond acceptors (Lipinski definition) is 4. The smallest absolute Gasteiger partial charge is 0.410 e. The van der Waals surface area contributed by atoms with E-state index in [1.54, 1.807) is 6.08 Å². The fourth-order valence-corrected chi connectivity index (χ4v) is 1.81. The molecule has 1 heterocycles. The normalized spacial score (nSPS) is 24.8. The third-order valence-corrected chi connectivity index (χ3v) is 2.60.